The van der Waals surface area contributed by atoms with E-state index in [1.807, 2.05) is 0 Å². The summed E-state index contributed by atoms with van der Waals surface area (Å²) in [5.74, 6) is -2.84. The molecule has 0 aromatic heterocycles. The first kappa shape index (κ1) is 56.7. The number of Topliss-reactive ketones (excluding diaryl/α,β-unsaturated/α-hetero) is 2. The molecular weight excluding hydrogens is 1030 g/mol. The van der Waals surface area contributed by atoms with E-state index >= 15 is 0 Å². The van der Waals surface area contributed by atoms with Crippen LogP contribution in [0.15, 0.2) is 115 Å². The van der Waals surface area contributed by atoms with Gasteiger partial charge in [0, 0.05) is 11.4 Å². The fourth-order valence-corrected chi connectivity index (χ4v) is 12.3. The van der Waals surface area contributed by atoms with Crippen molar-refractivity contribution in [1.29, 1.82) is 0 Å². The summed E-state index contributed by atoms with van der Waals surface area (Å²) in [4.78, 5) is 27.3. The van der Waals surface area contributed by atoms with Crippen molar-refractivity contribution in [2.24, 2.45) is 19.6 Å². The number of sulfonamides is 4. The summed E-state index contributed by atoms with van der Waals surface area (Å²) in [5.41, 5.74) is -0.694. The molecule has 0 unspecified atom stereocenters. The Morgan fingerprint density at radius 3 is 1.22 bits per heavy atom. The van der Waals surface area contributed by atoms with Crippen molar-refractivity contribution in [2.75, 3.05) is 32.6 Å². The predicted molar refractivity (Wildman–Crippen MR) is 281 cm³/mol. The standard InChI is InChI=1S/2C25H29N3O6S2.Mg/c2*1-24(2,3)12-13-25(4)17-9-7-6-8-16(17)21(29)20(22(25)30)23-26-18-11-10-15(27-35(5,31)32)14-19(18)36(33,34)28-23;/h2*6-11,14,27,29H,12-13H2,1-5H3,(H,26,28);/q;;+2/p-2/t2*25-;/m11./s1. The Kier molecular flexibility index (Phi) is 15.2. The zero-order chi connectivity index (χ0) is 53.4. The largest absolute Gasteiger partial charge is 2.00 e. The van der Waals surface area contributed by atoms with E-state index in [9.17, 15) is 53.5 Å². The smallest absolute Gasteiger partial charge is 0.871 e. The molecule has 0 radical (unpaired) electrons. The van der Waals surface area contributed by atoms with E-state index in [-0.39, 0.29) is 89.2 Å². The molecule has 384 valence electrons. The van der Waals surface area contributed by atoms with Crippen molar-refractivity contribution >= 4 is 121 Å². The van der Waals surface area contributed by atoms with Crippen LogP contribution in [-0.4, -0.2) is 92.5 Å². The summed E-state index contributed by atoms with van der Waals surface area (Å²) >= 11 is 0. The van der Waals surface area contributed by atoms with Crippen molar-refractivity contribution < 1.29 is 53.5 Å². The third-order valence-electron chi connectivity index (χ3n) is 12.7. The number of carbonyl (C=O) groups is 2. The molecule has 2 aliphatic heterocycles. The summed E-state index contributed by atoms with van der Waals surface area (Å²) in [7, 11) is -16.0. The molecule has 0 fully saturated rings. The van der Waals surface area contributed by atoms with Gasteiger partial charge < -0.3 is 20.8 Å². The van der Waals surface area contributed by atoms with Crippen LogP contribution in [0.25, 0.3) is 11.5 Å². The van der Waals surface area contributed by atoms with Gasteiger partial charge in [-0.15, -0.1) is 8.80 Å². The van der Waals surface area contributed by atoms with E-state index in [0.717, 1.165) is 24.6 Å². The van der Waals surface area contributed by atoms with E-state index in [4.69, 9.17) is 0 Å². The number of fused-ring (bicyclic) bond motifs is 4. The predicted octanol–water partition coefficient (Wildman–Crippen LogP) is 5.64. The molecule has 0 bridgehead atoms. The first-order valence-electron chi connectivity index (χ1n) is 22.6. The minimum Gasteiger partial charge on any atom is -0.871 e. The van der Waals surface area contributed by atoms with Crippen LogP contribution in [0, 0.1) is 10.8 Å². The maximum Gasteiger partial charge on any atom is 2.00 e. The van der Waals surface area contributed by atoms with Gasteiger partial charge >= 0.3 is 23.1 Å². The fourth-order valence-electron chi connectivity index (χ4n) is 8.86. The first-order chi connectivity index (χ1) is 33.0. The van der Waals surface area contributed by atoms with E-state index in [2.05, 4.69) is 70.4 Å². The molecule has 23 heteroatoms. The van der Waals surface area contributed by atoms with Crippen molar-refractivity contribution in [3.05, 3.63) is 118 Å². The molecule has 8 rings (SSSR count). The van der Waals surface area contributed by atoms with E-state index in [1.54, 1.807) is 62.4 Å². The molecule has 0 spiro atoms. The molecule has 73 heavy (non-hydrogen) atoms. The van der Waals surface area contributed by atoms with Crippen LogP contribution in [-0.2, 0) is 60.5 Å². The van der Waals surface area contributed by atoms with Crippen molar-refractivity contribution in [2.45, 2.75) is 102 Å². The van der Waals surface area contributed by atoms with Crippen LogP contribution in [0.4, 0.5) is 22.7 Å². The van der Waals surface area contributed by atoms with Gasteiger partial charge in [-0.25, -0.2) is 16.8 Å². The minimum atomic E-state index is -4.35. The average Bonchev–Trinajstić information content (AvgIpc) is 3.25. The molecule has 0 amide bonds. The van der Waals surface area contributed by atoms with Gasteiger partial charge in [0.15, 0.2) is 23.2 Å². The number of rotatable bonds is 10. The van der Waals surface area contributed by atoms with Gasteiger partial charge in [-0.1, -0.05) is 102 Å². The van der Waals surface area contributed by atoms with Crippen LogP contribution in [0.3, 0.4) is 0 Å². The summed E-state index contributed by atoms with van der Waals surface area (Å²) < 4.78 is 111. The number of nitrogens with one attached hydrogen (secondary N) is 4. The minimum absolute atomic E-state index is 0. The Bertz CT molecular complexity index is 3340. The van der Waals surface area contributed by atoms with Crippen molar-refractivity contribution in [3.63, 3.8) is 0 Å². The molecule has 2 aliphatic carbocycles. The van der Waals surface area contributed by atoms with E-state index in [0.29, 0.717) is 47.9 Å². The summed E-state index contributed by atoms with van der Waals surface area (Å²) in [6, 6.07) is 21.5. The maximum absolute atomic E-state index is 13.9. The normalized spacial score (nSPS) is 21.0. The second kappa shape index (κ2) is 19.6. The average molecular weight is 1090 g/mol. The number of hydrogen-bond donors (Lipinski definition) is 4. The van der Waals surface area contributed by atoms with Gasteiger partial charge in [0.2, 0.25) is 20.0 Å². The molecule has 0 saturated heterocycles. The Morgan fingerprint density at radius 1 is 0.575 bits per heavy atom. The Hall–Kier alpha value is -5.59. The number of ketones is 2. The summed E-state index contributed by atoms with van der Waals surface area (Å²) in [6.45, 7) is 15.9. The zero-order valence-corrected chi connectivity index (χ0v) is 46.7. The molecule has 18 nitrogen and oxygen atoms in total. The van der Waals surface area contributed by atoms with Gasteiger partial charge in [0.1, 0.15) is 9.79 Å². The number of amidine groups is 2. The Morgan fingerprint density at radius 2 is 0.904 bits per heavy atom. The topological polar surface area (TPSA) is 290 Å². The Balaban J connectivity index is 0.000000235. The van der Waals surface area contributed by atoms with E-state index < -0.39 is 74.0 Å². The second-order valence-corrected chi connectivity index (χ2v) is 27.8. The third kappa shape index (κ3) is 11.9. The monoisotopic (exact) mass is 1080 g/mol. The second-order valence-electron chi connectivity index (χ2n) is 21.2. The van der Waals surface area contributed by atoms with Crippen molar-refractivity contribution in [1.82, 2.24) is 0 Å². The van der Waals surface area contributed by atoms with Gasteiger partial charge in [0.05, 0.1) is 45.9 Å². The SMILES string of the molecule is CC(C)(C)CC[C@@]1(C)C(=O)C(C2=NS(=O)(=O)c3cc(NS(C)(=O)=O)ccc3N2)=C([O-])c2ccccc21.CC(C)(C)CC[C@@]1(C)C(=O)C(C2=NS(=O)(=O)c3cc(NS(C)(=O)=O)ccc3N2)=C([O-])c2ccccc21.[Mg+2]. The van der Waals surface area contributed by atoms with Crippen LogP contribution >= 0.6 is 0 Å². The van der Waals surface area contributed by atoms with Gasteiger partial charge in [0.25, 0.3) is 20.0 Å². The van der Waals surface area contributed by atoms with Crippen molar-refractivity contribution in [3.8, 4) is 0 Å². The fraction of sp³-hybridized carbons (Fsp3) is 0.360. The molecule has 2 heterocycles. The van der Waals surface area contributed by atoms with Crippen LogP contribution in [0.1, 0.15) is 103 Å². The molecule has 4 aromatic rings. The molecule has 4 aromatic carbocycles. The molecule has 4 N–H and O–H groups in total. The van der Waals surface area contributed by atoms with Gasteiger partial charge in [-0.05, 0) is 109 Å². The molecule has 0 saturated carbocycles. The number of nitrogens with zero attached hydrogens (tertiary/aromatic N) is 2. The Labute approximate surface area is 443 Å². The number of hydrogen-bond acceptors (Lipinski definition) is 14. The van der Waals surface area contributed by atoms with Gasteiger partial charge in [-0.3, -0.25) is 19.0 Å². The number of benzene rings is 4. The molecular formula is C50H56MgN6O12S4. The summed E-state index contributed by atoms with van der Waals surface area (Å²) in [6.07, 6.45) is 4.20. The molecule has 2 atom stereocenters. The van der Waals surface area contributed by atoms with Crippen LogP contribution < -0.4 is 30.3 Å². The maximum atomic E-state index is 13.9. The number of carbonyl (C=O) groups excluding carboxylic acids is 2. The zero-order valence-electron chi connectivity index (χ0n) is 42.0. The third-order valence-corrected chi connectivity index (χ3v) is 16.6. The van der Waals surface area contributed by atoms with E-state index in [1.165, 1.54) is 24.3 Å². The quantitative estimate of drug-likeness (QED) is 0.140. The van der Waals surface area contributed by atoms with Crippen LogP contribution in [0.2, 0.25) is 0 Å². The van der Waals surface area contributed by atoms with Crippen LogP contribution in [0.5, 0.6) is 0 Å². The first-order valence-corrected chi connectivity index (χ1v) is 29.3. The summed E-state index contributed by atoms with van der Waals surface area (Å²) in [5, 5.41) is 32.7. The molecule has 4 aliphatic rings. The van der Waals surface area contributed by atoms with Gasteiger partial charge in [-0.2, -0.15) is 16.8 Å². The number of anilines is 4.